The van der Waals surface area contributed by atoms with Crippen molar-refractivity contribution in [2.24, 2.45) is 11.8 Å². The number of aromatic nitrogens is 1. The minimum atomic E-state index is 0.288. The van der Waals surface area contributed by atoms with E-state index in [2.05, 4.69) is 23.4 Å². The number of nitrogens with two attached hydrogens (primary N) is 1. The standard InChI is InChI=1S/C14H23N3/c1-11-10-16-9-8-13(11)14(17-15)12-6-4-2-3-5-7-12/h8-10,12,14,17H,2-7,15H2,1H3. The van der Waals surface area contributed by atoms with E-state index >= 15 is 0 Å². The Morgan fingerprint density at radius 1 is 1.29 bits per heavy atom. The first-order valence-corrected chi connectivity index (χ1v) is 6.69. The van der Waals surface area contributed by atoms with Gasteiger partial charge in [-0.2, -0.15) is 0 Å². The average Bonchev–Trinajstić information content (AvgIpc) is 2.62. The van der Waals surface area contributed by atoms with E-state index in [9.17, 15) is 0 Å². The van der Waals surface area contributed by atoms with Crippen LogP contribution in [0.5, 0.6) is 0 Å². The molecule has 1 saturated carbocycles. The Hall–Kier alpha value is -0.930. The maximum absolute atomic E-state index is 5.79. The number of nitrogens with zero attached hydrogens (tertiary/aromatic N) is 1. The van der Waals surface area contributed by atoms with Crippen molar-refractivity contribution in [2.45, 2.75) is 51.5 Å². The molecule has 0 saturated heterocycles. The van der Waals surface area contributed by atoms with E-state index in [0.717, 1.165) is 0 Å². The molecule has 1 aliphatic rings. The van der Waals surface area contributed by atoms with E-state index in [4.69, 9.17) is 5.84 Å². The van der Waals surface area contributed by atoms with Crippen molar-refractivity contribution in [2.75, 3.05) is 0 Å². The molecule has 94 valence electrons. The van der Waals surface area contributed by atoms with Crippen LogP contribution in [0.3, 0.4) is 0 Å². The smallest absolute Gasteiger partial charge is 0.0491 e. The molecule has 0 bridgehead atoms. The van der Waals surface area contributed by atoms with Gasteiger partial charge in [-0.3, -0.25) is 16.3 Å². The molecule has 1 aromatic heterocycles. The summed E-state index contributed by atoms with van der Waals surface area (Å²) < 4.78 is 0. The highest BCUT2D eigenvalue weighted by molar-refractivity contribution is 5.25. The van der Waals surface area contributed by atoms with Crippen molar-refractivity contribution < 1.29 is 0 Å². The van der Waals surface area contributed by atoms with E-state index in [1.165, 1.54) is 49.7 Å². The molecule has 17 heavy (non-hydrogen) atoms. The Balaban J connectivity index is 2.17. The first-order valence-electron chi connectivity index (χ1n) is 6.69. The van der Waals surface area contributed by atoms with Gasteiger partial charge in [-0.25, -0.2) is 0 Å². The van der Waals surface area contributed by atoms with Crippen LogP contribution in [0.25, 0.3) is 0 Å². The van der Waals surface area contributed by atoms with Crippen LogP contribution in [0, 0.1) is 12.8 Å². The van der Waals surface area contributed by atoms with Gasteiger partial charge in [0, 0.05) is 18.4 Å². The van der Waals surface area contributed by atoms with Crippen LogP contribution in [0.2, 0.25) is 0 Å². The molecule has 1 fully saturated rings. The normalized spacial score (nSPS) is 19.9. The highest BCUT2D eigenvalue weighted by Crippen LogP contribution is 2.33. The molecule has 1 aliphatic carbocycles. The SMILES string of the molecule is Cc1cnccc1C(NN)C1CCCCCC1. The predicted octanol–water partition coefficient (Wildman–Crippen LogP) is 2.86. The summed E-state index contributed by atoms with van der Waals surface area (Å²) in [4.78, 5) is 4.16. The summed E-state index contributed by atoms with van der Waals surface area (Å²) >= 11 is 0. The summed E-state index contributed by atoms with van der Waals surface area (Å²) in [5.74, 6) is 6.46. The van der Waals surface area contributed by atoms with Gasteiger partial charge in [0.05, 0.1) is 0 Å². The van der Waals surface area contributed by atoms with E-state index < -0.39 is 0 Å². The molecule has 1 atom stereocenters. The summed E-state index contributed by atoms with van der Waals surface area (Å²) in [5.41, 5.74) is 5.58. The Bertz CT molecular complexity index is 343. The number of hydrogen-bond acceptors (Lipinski definition) is 3. The second-order valence-electron chi connectivity index (χ2n) is 5.13. The molecule has 2 rings (SSSR count). The van der Waals surface area contributed by atoms with Gasteiger partial charge >= 0.3 is 0 Å². The van der Waals surface area contributed by atoms with Crippen LogP contribution in [0.15, 0.2) is 18.5 Å². The Morgan fingerprint density at radius 2 is 2.00 bits per heavy atom. The van der Waals surface area contributed by atoms with Gasteiger partial charge in [0.25, 0.3) is 0 Å². The minimum Gasteiger partial charge on any atom is -0.271 e. The zero-order chi connectivity index (χ0) is 12.1. The van der Waals surface area contributed by atoms with Gasteiger partial charge in [0.15, 0.2) is 0 Å². The lowest BCUT2D eigenvalue weighted by Crippen LogP contribution is -2.34. The molecule has 1 unspecified atom stereocenters. The summed E-state index contributed by atoms with van der Waals surface area (Å²) in [7, 11) is 0. The maximum Gasteiger partial charge on any atom is 0.0491 e. The monoisotopic (exact) mass is 233 g/mol. The Labute approximate surface area is 104 Å². The summed E-state index contributed by atoms with van der Waals surface area (Å²) in [6, 6.07) is 2.39. The average molecular weight is 233 g/mol. The fourth-order valence-corrected chi connectivity index (χ4v) is 2.96. The quantitative estimate of drug-likeness (QED) is 0.479. The van der Waals surface area contributed by atoms with Crippen molar-refractivity contribution in [3.05, 3.63) is 29.6 Å². The third-order valence-corrected chi connectivity index (χ3v) is 3.95. The minimum absolute atomic E-state index is 0.288. The molecule has 0 radical (unpaired) electrons. The van der Waals surface area contributed by atoms with Crippen molar-refractivity contribution in [3.63, 3.8) is 0 Å². The maximum atomic E-state index is 5.79. The molecule has 0 amide bonds. The number of hydrogen-bond donors (Lipinski definition) is 2. The van der Waals surface area contributed by atoms with Gasteiger partial charge in [0.2, 0.25) is 0 Å². The van der Waals surface area contributed by atoms with E-state index in [1.54, 1.807) is 0 Å². The van der Waals surface area contributed by atoms with Crippen LogP contribution in [-0.4, -0.2) is 4.98 Å². The lowest BCUT2D eigenvalue weighted by Gasteiger charge is -2.27. The molecular formula is C14H23N3. The van der Waals surface area contributed by atoms with Gasteiger partial charge in [-0.15, -0.1) is 0 Å². The fraction of sp³-hybridized carbons (Fsp3) is 0.643. The summed E-state index contributed by atoms with van der Waals surface area (Å²) in [6.45, 7) is 2.11. The van der Waals surface area contributed by atoms with Crippen molar-refractivity contribution >= 4 is 0 Å². The third kappa shape index (κ3) is 3.05. The molecule has 1 heterocycles. The van der Waals surface area contributed by atoms with Gasteiger partial charge in [0.1, 0.15) is 0 Å². The van der Waals surface area contributed by atoms with Gasteiger partial charge in [-0.1, -0.05) is 25.7 Å². The lowest BCUT2D eigenvalue weighted by molar-refractivity contribution is 0.328. The number of pyridine rings is 1. The van der Waals surface area contributed by atoms with E-state index in [-0.39, 0.29) is 6.04 Å². The second kappa shape index (κ2) is 6.12. The molecule has 3 N–H and O–H groups in total. The largest absolute Gasteiger partial charge is 0.271 e. The van der Waals surface area contributed by atoms with Crippen LogP contribution in [-0.2, 0) is 0 Å². The molecule has 3 nitrogen and oxygen atoms in total. The van der Waals surface area contributed by atoms with Crippen LogP contribution in [0.1, 0.15) is 55.7 Å². The first-order chi connectivity index (χ1) is 8.33. The van der Waals surface area contributed by atoms with Crippen molar-refractivity contribution in [1.82, 2.24) is 10.4 Å². The third-order valence-electron chi connectivity index (χ3n) is 3.95. The molecule has 0 aromatic carbocycles. The number of hydrazine groups is 1. The van der Waals surface area contributed by atoms with Gasteiger partial charge < -0.3 is 0 Å². The number of aryl methyl sites for hydroxylation is 1. The molecule has 0 aliphatic heterocycles. The van der Waals surface area contributed by atoms with Crippen LogP contribution in [0.4, 0.5) is 0 Å². The number of nitrogens with one attached hydrogen (secondary N) is 1. The summed E-state index contributed by atoms with van der Waals surface area (Å²) in [6.07, 6.45) is 11.8. The summed E-state index contributed by atoms with van der Waals surface area (Å²) in [5, 5.41) is 0. The topological polar surface area (TPSA) is 50.9 Å². The molecule has 1 aromatic rings. The van der Waals surface area contributed by atoms with E-state index in [0.29, 0.717) is 5.92 Å². The Kier molecular flexibility index (Phi) is 4.51. The van der Waals surface area contributed by atoms with Crippen LogP contribution < -0.4 is 11.3 Å². The van der Waals surface area contributed by atoms with Crippen molar-refractivity contribution in [1.29, 1.82) is 0 Å². The molecule has 3 heteroatoms. The first kappa shape index (κ1) is 12.5. The lowest BCUT2D eigenvalue weighted by atomic mass is 9.86. The van der Waals surface area contributed by atoms with Crippen molar-refractivity contribution in [3.8, 4) is 0 Å². The second-order valence-corrected chi connectivity index (χ2v) is 5.13. The fourth-order valence-electron chi connectivity index (χ4n) is 2.96. The van der Waals surface area contributed by atoms with Gasteiger partial charge in [-0.05, 0) is 42.9 Å². The van der Waals surface area contributed by atoms with Crippen LogP contribution >= 0.6 is 0 Å². The highest BCUT2D eigenvalue weighted by atomic mass is 15.2. The zero-order valence-electron chi connectivity index (χ0n) is 10.7. The highest BCUT2D eigenvalue weighted by Gasteiger charge is 2.24. The van der Waals surface area contributed by atoms with E-state index in [1.807, 2.05) is 12.4 Å². The molecule has 0 spiro atoms. The predicted molar refractivity (Wildman–Crippen MR) is 70.2 cm³/mol. The zero-order valence-corrected chi connectivity index (χ0v) is 10.7. The number of rotatable bonds is 3. The molecular weight excluding hydrogens is 210 g/mol. The Morgan fingerprint density at radius 3 is 2.59 bits per heavy atom.